The van der Waals surface area contributed by atoms with Gasteiger partial charge in [-0.05, 0) is 48.9 Å². The third-order valence-electron chi connectivity index (χ3n) is 4.10. The zero-order valence-electron chi connectivity index (χ0n) is 14.5. The molecule has 2 aromatic carbocycles. The van der Waals surface area contributed by atoms with E-state index in [2.05, 4.69) is 10.3 Å². The molecule has 0 saturated heterocycles. The molecule has 0 aliphatic rings. The zero-order valence-corrected chi connectivity index (χ0v) is 15.3. The minimum absolute atomic E-state index is 0.112. The van der Waals surface area contributed by atoms with Crippen LogP contribution in [0.3, 0.4) is 0 Å². The maximum Gasteiger partial charge on any atom is 0.243 e. The first-order chi connectivity index (χ1) is 12.9. The molecule has 0 aliphatic heterocycles. The molecular formula is C20H17FN2O3S. The van der Waals surface area contributed by atoms with Crippen LogP contribution in [0.2, 0.25) is 0 Å². The van der Waals surface area contributed by atoms with E-state index < -0.39 is 26.8 Å². The van der Waals surface area contributed by atoms with E-state index in [-0.39, 0.29) is 10.7 Å². The summed E-state index contributed by atoms with van der Waals surface area (Å²) in [5.41, 5.74) is 1.86. The molecule has 1 aromatic heterocycles. The number of halogens is 1. The van der Waals surface area contributed by atoms with E-state index in [0.717, 1.165) is 35.4 Å². The lowest BCUT2D eigenvalue weighted by Gasteiger charge is -2.13. The summed E-state index contributed by atoms with van der Waals surface area (Å²) < 4.78 is 38.0. The molecule has 0 fully saturated rings. The minimum Gasteiger partial charge on any atom is -0.310 e. The number of pyridine rings is 1. The number of rotatable bonds is 5. The van der Waals surface area contributed by atoms with Crippen LogP contribution in [0.25, 0.3) is 11.1 Å². The van der Waals surface area contributed by atoms with Gasteiger partial charge in [-0.2, -0.15) is 0 Å². The monoisotopic (exact) mass is 384 g/mol. The number of sulfone groups is 1. The van der Waals surface area contributed by atoms with Crippen LogP contribution < -0.4 is 5.32 Å². The molecule has 1 amide bonds. The molecule has 5 nitrogen and oxygen atoms in total. The number of amides is 1. The van der Waals surface area contributed by atoms with E-state index in [1.54, 1.807) is 18.3 Å². The molecule has 0 radical (unpaired) electrons. The van der Waals surface area contributed by atoms with Crippen LogP contribution in [0.1, 0.15) is 6.92 Å². The van der Waals surface area contributed by atoms with Crippen LogP contribution in [0.4, 0.5) is 10.2 Å². The number of carbonyl (C=O) groups is 1. The second kappa shape index (κ2) is 7.67. The minimum atomic E-state index is -3.93. The predicted molar refractivity (Wildman–Crippen MR) is 101 cm³/mol. The van der Waals surface area contributed by atoms with Crippen molar-refractivity contribution in [1.29, 1.82) is 0 Å². The quantitative estimate of drug-likeness (QED) is 0.681. The summed E-state index contributed by atoms with van der Waals surface area (Å²) >= 11 is 0. The van der Waals surface area contributed by atoms with Crippen LogP contribution in [0.5, 0.6) is 0 Å². The first-order valence-corrected chi connectivity index (χ1v) is 9.74. The van der Waals surface area contributed by atoms with Crippen molar-refractivity contribution in [1.82, 2.24) is 4.98 Å². The summed E-state index contributed by atoms with van der Waals surface area (Å²) in [6.07, 6.45) is 1.60. The Balaban J connectivity index is 1.73. The first kappa shape index (κ1) is 18.7. The van der Waals surface area contributed by atoms with Gasteiger partial charge in [0.2, 0.25) is 5.91 Å². The van der Waals surface area contributed by atoms with Crippen molar-refractivity contribution in [3.05, 3.63) is 78.7 Å². The second-order valence-corrected chi connectivity index (χ2v) is 8.20. The van der Waals surface area contributed by atoms with Gasteiger partial charge in [0.15, 0.2) is 9.84 Å². The van der Waals surface area contributed by atoms with Gasteiger partial charge < -0.3 is 5.32 Å². The van der Waals surface area contributed by atoms with Gasteiger partial charge in [0.25, 0.3) is 0 Å². The lowest BCUT2D eigenvalue weighted by atomic mass is 10.1. The summed E-state index contributed by atoms with van der Waals surface area (Å²) in [7, 11) is -3.93. The number of benzene rings is 2. The van der Waals surface area contributed by atoms with E-state index in [9.17, 15) is 17.6 Å². The Morgan fingerprint density at radius 2 is 1.63 bits per heavy atom. The molecule has 0 aliphatic carbocycles. The van der Waals surface area contributed by atoms with E-state index in [4.69, 9.17) is 0 Å². The number of nitrogens with zero attached hydrogens (tertiary/aromatic N) is 1. The molecular weight excluding hydrogens is 367 g/mol. The normalized spacial score (nSPS) is 12.4. The fourth-order valence-corrected chi connectivity index (χ4v) is 3.73. The zero-order chi connectivity index (χ0) is 19.4. The number of nitrogens with one attached hydrogen (secondary N) is 1. The first-order valence-electron chi connectivity index (χ1n) is 8.20. The summed E-state index contributed by atoms with van der Waals surface area (Å²) in [4.78, 5) is 16.4. The van der Waals surface area contributed by atoms with Crippen LogP contribution in [-0.2, 0) is 14.6 Å². The fourth-order valence-electron chi connectivity index (χ4n) is 2.47. The standard InChI is InChI=1S/C20H17FN2O3S/c1-14(27(25,26)18-10-8-17(21)9-11-18)20(24)23-19-12-7-16(13-22-19)15-5-3-2-4-6-15/h2-14H,1H3,(H,22,23,24). The predicted octanol–water partition coefficient (Wildman–Crippen LogP) is 3.69. The van der Waals surface area contributed by atoms with Crippen LogP contribution in [0, 0.1) is 5.82 Å². The average molecular weight is 384 g/mol. The molecule has 1 unspecified atom stereocenters. The van der Waals surface area contributed by atoms with Gasteiger partial charge >= 0.3 is 0 Å². The Hall–Kier alpha value is -3.06. The Kier molecular flexibility index (Phi) is 5.32. The SMILES string of the molecule is CC(C(=O)Nc1ccc(-c2ccccc2)cn1)S(=O)(=O)c1ccc(F)cc1. The number of hydrogen-bond donors (Lipinski definition) is 1. The molecule has 0 bridgehead atoms. The smallest absolute Gasteiger partial charge is 0.243 e. The van der Waals surface area contributed by atoms with Gasteiger partial charge in [-0.1, -0.05) is 30.3 Å². The molecule has 0 spiro atoms. The van der Waals surface area contributed by atoms with E-state index in [1.807, 2.05) is 30.3 Å². The lowest BCUT2D eigenvalue weighted by Crippen LogP contribution is -2.32. The summed E-state index contributed by atoms with van der Waals surface area (Å²) in [5.74, 6) is -1.01. The number of anilines is 1. The van der Waals surface area contributed by atoms with E-state index >= 15 is 0 Å². The molecule has 138 valence electrons. The van der Waals surface area contributed by atoms with Crippen LogP contribution in [0.15, 0.2) is 77.8 Å². The third-order valence-corrected chi connectivity index (χ3v) is 6.17. The molecule has 27 heavy (non-hydrogen) atoms. The molecule has 0 saturated carbocycles. The van der Waals surface area contributed by atoms with Gasteiger partial charge in [0.05, 0.1) is 4.90 Å². The van der Waals surface area contributed by atoms with Crippen LogP contribution >= 0.6 is 0 Å². The Morgan fingerprint density at radius 1 is 0.963 bits per heavy atom. The fraction of sp³-hybridized carbons (Fsp3) is 0.100. The van der Waals surface area contributed by atoms with E-state index in [0.29, 0.717) is 0 Å². The van der Waals surface area contributed by atoms with Crippen molar-refractivity contribution in [2.75, 3.05) is 5.32 Å². The Bertz CT molecular complexity index is 1030. The highest BCUT2D eigenvalue weighted by Gasteiger charge is 2.30. The average Bonchev–Trinajstić information content (AvgIpc) is 2.69. The third kappa shape index (κ3) is 4.20. The lowest BCUT2D eigenvalue weighted by molar-refractivity contribution is -0.115. The number of carbonyl (C=O) groups excluding carboxylic acids is 1. The highest BCUT2D eigenvalue weighted by molar-refractivity contribution is 7.92. The molecule has 1 atom stereocenters. The topological polar surface area (TPSA) is 76.1 Å². The maximum atomic E-state index is 13.0. The van der Waals surface area contributed by atoms with Crippen molar-refractivity contribution in [3.63, 3.8) is 0 Å². The summed E-state index contributed by atoms with van der Waals surface area (Å²) in [6.45, 7) is 1.28. The maximum absolute atomic E-state index is 13.0. The van der Waals surface area contributed by atoms with Gasteiger partial charge in [-0.25, -0.2) is 17.8 Å². The van der Waals surface area contributed by atoms with Crippen LogP contribution in [-0.4, -0.2) is 24.6 Å². The van der Waals surface area contributed by atoms with E-state index in [1.165, 1.54) is 6.92 Å². The number of hydrogen-bond acceptors (Lipinski definition) is 4. The van der Waals surface area contributed by atoms with Crippen molar-refractivity contribution in [2.45, 2.75) is 17.1 Å². The highest BCUT2D eigenvalue weighted by Crippen LogP contribution is 2.20. The van der Waals surface area contributed by atoms with Crippen molar-refractivity contribution in [3.8, 4) is 11.1 Å². The summed E-state index contributed by atoms with van der Waals surface area (Å²) in [6, 6.07) is 17.4. The number of aromatic nitrogens is 1. The Morgan fingerprint density at radius 3 is 2.22 bits per heavy atom. The van der Waals surface area contributed by atoms with Gasteiger partial charge in [-0.15, -0.1) is 0 Å². The molecule has 3 aromatic rings. The largest absolute Gasteiger partial charge is 0.310 e. The van der Waals surface area contributed by atoms with Gasteiger partial charge in [-0.3, -0.25) is 4.79 Å². The molecule has 3 rings (SSSR count). The molecule has 1 heterocycles. The second-order valence-electron chi connectivity index (χ2n) is 5.93. The van der Waals surface area contributed by atoms with Crippen molar-refractivity contribution in [2.24, 2.45) is 0 Å². The van der Waals surface area contributed by atoms with Crippen molar-refractivity contribution < 1.29 is 17.6 Å². The highest BCUT2D eigenvalue weighted by atomic mass is 32.2. The molecule has 7 heteroatoms. The Labute approximate surface area is 156 Å². The summed E-state index contributed by atoms with van der Waals surface area (Å²) in [5, 5.41) is 1.16. The molecule has 1 N–H and O–H groups in total. The van der Waals surface area contributed by atoms with Crippen molar-refractivity contribution >= 4 is 21.6 Å². The van der Waals surface area contributed by atoms with Gasteiger partial charge in [0.1, 0.15) is 16.9 Å². The van der Waals surface area contributed by atoms with Gasteiger partial charge in [0, 0.05) is 11.8 Å².